The van der Waals surface area contributed by atoms with E-state index < -0.39 is 144 Å². The van der Waals surface area contributed by atoms with Crippen LogP contribution in [0.5, 0.6) is 0 Å². The Bertz CT molecular complexity index is 2030. The van der Waals surface area contributed by atoms with E-state index in [-0.39, 0.29) is 28.4 Å². The second-order valence-corrected chi connectivity index (χ2v) is 23.4. The highest BCUT2D eigenvalue weighted by molar-refractivity contribution is 5.95. The van der Waals surface area contributed by atoms with Gasteiger partial charge in [-0.3, -0.25) is 9.59 Å². The van der Waals surface area contributed by atoms with E-state index in [1.54, 1.807) is 0 Å². The number of aliphatic hydroxyl groups excluding tert-OH is 7. The minimum Gasteiger partial charge on any atom is -0.481 e. The van der Waals surface area contributed by atoms with Crippen molar-refractivity contribution in [2.24, 2.45) is 50.2 Å². The molecule has 0 aromatic carbocycles. The summed E-state index contributed by atoms with van der Waals surface area (Å²) >= 11 is 0. The molecule has 20 nitrogen and oxygen atoms in total. The fraction of sp³-hybridized carbons (Fsp3) is 0.875. The molecule has 8 aliphatic rings. The van der Waals surface area contributed by atoms with Crippen molar-refractivity contribution < 1.29 is 98.7 Å². The van der Waals surface area contributed by atoms with Crippen molar-refractivity contribution in [3.05, 3.63) is 11.6 Å². The summed E-state index contributed by atoms with van der Waals surface area (Å²) in [5.41, 5.74) is -2.14. The molecular formula is C48H72O20. The summed E-state index contributed by atoms with van der Waals surface area (Å²) in [7, 11) is 0. The summed E-state index contributed by atoms with van der Waals surface area (Å²) in [5.74, 6) is -4.79. The van der Waals surface area contributed by atoms with Gasteiger partial charge < -0.3 is 79.5 Å². The molecule has 0 spiro atoms. The maximum absolute atomic E-state index is 15.0. The van der Waals surface area contributed by atoms with Gasteiger partial charge >= 0.3 is 17.9 Å². The molecule has 384 valence electrons. The van der Waals surface area contributed by atoms with Crippen LogP contribution in [0, 0.1) is 50.2 Å². The molecule has 3 saturated heterocycles. The Morgan fingerprint density at radius 2 is 1.16 bits per heavy atom. The van der Waals surface area contributed by atoms with Crippen molar-refractivity contribution in [1.82, 2.24) is 0 Å². The topological polar surface area (TPSA) is 326 Å². The lowest BCUT2D eigenvalue weighted by Gasteiger charge is -2.70. The van der Waals surface area contributed by atoms with E-state index in [0.717, 1.165) is 24.8 Å². The third-order valence-electron chi connectivity index (χ3n) is 19.3. The van der Waals surface area contributed by atoms with Gasteiger partial charge in [-0.1, -0.05) is 47.1 Å². The number of aliphatic hydroxyl groups is 7. The lowest BCUT2D eigenvalue weighted by Crippen LogP contribution is -2.68. The monoisotopic (exact) mass is 968 g/mol. The van der Waals surface area contributed by atoms with Gasteiger partial charge in [-0.05, 0) is 117 Å². The number of hydrogen-bond acceptors (Lipinski definition) is 17. The van der Waals surface area contributed by atoms with E-state index in [0.29, 0.717) is 38.5 Å². The molecule has 0 aromatic heterocycles. The van der Waals surface area contributed by atoms with Gasteiger partial charge in [0.1, 0.15) is 54.9 Å². The van der Waals surface area contributed by atoms with Gasteiger partial charge in [0.2, 0.25) is 0 Å². The second-order valence-electron chi connectivity index (χ2n) is 23.4. The molecule has 20 heteroatoms. The summed E-state index contributed by atoms with van der Waals surface area (Å²) < 4.78 is 35.6. The average molecular weight is 969 g/mol. The van der Waals surface area contributed by atoms with Gasteiger partial charge in [0.25, 0.3) is 0 Å². The van der Waals surface area contributed by atoms with Crippen LogP contribution in [0.3, 0.4) is 0 Å². The van der Waals surface area contributed by atoms with Crippen molar-refractivity contribution in [2.45, 2.75) is 211 Å². The zero-order valence-corrected chi connectivity index (χ0v) is 40.0. The maximum Gasteiger partial charge on any atom is 0.335 e. The smallest absolute Gasteiger partial charge is 0.335 e. The fourth-order valence-corrected chi connectivity index (χ4v) is 14.8. The first-order valence-corrected chi connectivity index (χ1v) is 24.1. The number of aliphatic carboxylic acids is 3. The Labute approximate surface area is 394 Å². The lowest BCUT2D eigenvalue weighted by atomic mass is 9.33. The molecule has 0 aromatic rings. The largest absolute Gasteiger partial charge is 0.481 e. The van der Waals surface area contributed by atoms with Crippen molar-refractivity contribution in [1.29, 1.82) is 0 Å². The van der Waals surface area contributed by atoms with E-state index >= 15 is 0 Å². The van der Waals surface area contributed by atoms with Gasteiger partial charge in [0.05, 0.1) is 17.6 Å². The van der Waals surface area contributed by atoms with Crippen molar-refractivity contribution in [3.63, 3.8) is 0 Å². The number of ketones is 1. The first-order valence-electron chi connectivity index (χ1n) is 24.1. The molecule has 0 radical (unpaired) electrons. The van der Waals surface area contributed by atoms with Crippen molar-refractivity contribution in [2.75, 3.05) is 0 Å². The number of carboxylic acids is 3. The van der Waals surface area contributed by atoms with E-state index in [2.05, 4.69) is 27.7 Å². The minimum absolute atomic E-state index is 0.0298. The van der Waals surface area contributed by atoms with Crippen LogP contribution in [0.2, 0.25) is 0 Å². The summed E-state index contributed by atoms with van der Waals surface area (Å²) in [6, 6.07) is 0. The molecule has 0 amide bonds. The zero-order chi connectivity index (χ0) is 50.2. The van der Waals surface area contributed by atoms with Gasteiger partial charge in [0, 0.05) is 5.92 Å². The number of carbonyl (C=O) groups is 4. The fourth-order valence-electron chi connectivity index (χ4n) is 14.8. The molecule has 3 heterocycles. The Morgan fingerprint density at radius 1 is 0.618 bits per heavy atom. The highest BCUT2D eigenvalue weighted by atomic mass is 16.8. The molecule has 0 bridgehead atoms. The van der Waals surface area contributed by atoms with Crippen LogP contribution in [-0.2, 0) is 47.6 Å². The van der Waals surface area contributed by atoms with E-state index in [4.69, 9.17) is 28.4 Å². The highest BCUT2D eigenvalue weighted by Crippen LogP contribution is 2.75. The summed E-state index contributed by atoms with van der Waals surface area (Å²) in [5, 5.41) is 107. The number of ether oxygens (including phenoxy) is 6. The van der Waals surface area contributed by atoms with Gasteiger partial charge in [-0.15, -0.1) is 0 Å². The molecule has 3 aliphatic heterocycles. The molecule has 0 unspecified atom stereocenters. The van der Waals surface area contributed by atoms with Crippen molar-refractivity contribution >= 4 is 23.7 Å². The Morgan fingerprint density at radius 3 is 1.72 bits per heavy atom. The quantitative estimate of drug-likeness (QED) is 0.145. The van der Waals surface area contributed by atoms with Crippen LogP contribution in [-0.4, -0.2) is 173 Å². The Kier molecular flexibility index (Phi) is 13.3. The van der Waals surface area contributed by atoms with Crippen LogP contribution in [0.4, 0.5) is 0 Å². The van der Waals surface area contributed by atoms with Crippen LogP contribution in [0.1, 0.15) is 113 Å². The van der Waals surface area contributed by atoms with Crippen molar-refractivity contribution in [3.8, 4) is 0 Å². The number of carbonyl (C=O) groups excluding carboxylic acids is 1. The maximum atomic E-state index is 15.0. The number of fused-ring (bicyclic) bond motifs is 7. The minimum atomic E-state index is -2.17. The second kappa shape index (κ2) is 17.5. The van der Waals surface area contributed by atoms with Gasteiger partial charge in [0.15, 0.2) is 36.9 Å². The van der Waals surface area contributed by atoms with Gasteiger partial charge in [-0.25, -0.2) is 9.59 Å². The predicted molar refractivity (Wildman–Crippen MR) is 231 cm³/mol. The lowest BCUT2D eigenvalue weighted by molar-refractivity contribution is -0.392. The van der Waals surface area contributed by atoms with Crippen LogP contribution in [0.25, 0.3) is 0 Å². The molecule has 10 N–H and O–H groups in total. The van der Waals surface area contributed by atoms with Crippen LogP contribution < -0.4 is 0 Å². The number of carboxylic acid groups (broad SMARTS) is 3. The highest BCUT2D eigenvalue weighted by Gasteiger charge is 2.71. The molecule has 7 fully saturated rings. The average Bonchev–Trinajstić information content (AvgIpc) is 3.25. The van der Waals surface area contributed by atoms with E-state index in [1.807, 2.05) is 26.8 Å². The summed E-state index contributed by atoms with van der Waals surface area (Å²) in [6.07, 6.45) is -21.9. The summed E-state index contributed by atoms with van der Waals surface area (Å²) in [4.78, 5) is 52.3. The first-order chi connectivity index (χ1) is 31.5. The molecule has 4 saturated carbocycles. The van der Waals surface area contributed by atoms with Crippen LogP contribution in [0.15, 0.2) is 11.6 Å². The number of hydrogen-bond donors (Lipinski definition) is 10. The molecule has 68 heavy (non-hydrogen) atoms. The molecule has 8 rings (SSSR count). The molecule has 24 atom stereocenters. The van der Waals surface area contributed by atoms with Crippen LogP contribution >= 0.6 is 0 Å². The third-order valence-corrected chi connectivity index (χ3v) is 19.3. The predicted octanol–water partition coefficient (Wildman–Crippen LogP) is 1.10. The summed E-state index contributed by atoms with van der Waals surface area (Å²) in [6.45, 7) is 16.1. The molecule has 5 aliphatic carbocycles. The standard InChI is InChI=1S/C48H72O20/c1-19-25(50)26(51)31(56)39(63-19)67-35-30(55)28(53)33(38(59)60)66-41(35)68-34-29(54)27(52)32(37(57)58)65-40(34)64-24-10-11-46(6)23(43(24,2)3)9-12-48(8)36(46)22(49)17-20-21-18-45(5,42(61)62)14-13-44(21,4)15-16-47(20,48)7/h17,19,21,23-36,39-41,50-56H,9-16,18H2,1-8H3,(H,57,58)(H,59,60)(H,61,62)/t19-,21+,23+,24+,25-,26+,27+,28+,29+,30+,31-,32+,33+,34-,35-,36-,39+,40-,41+,44-,45+,46+,47-,48-/m1/s1. The van der Waals surface area contributed by atoms with E-state index in [1.165, 1.54) is 6.92 Å². The number of allylic oxidation sites excluding steroid dienone is 2. The van der Waals surface area contributed by atoms with Gasteiger partial charge in [-0.2, -0.15) is 0 Å². The third kappa shape index (κ3) is 7.82. The number of rotatable bonds is 9. The van der Waals surface area contributed by atoms with E-state index in [9.17, 15) is 70.2 Å². The Hall–Kier alpha value is -2.70. The normalized spacial score (nSPS) is 53.4. The Balaban J connectivity index is 1.08. The first kappa shape index (κ1) is 51.6. The zero-order valence-electron chi connectivity index (χ0n) is 40.0. The SMILES string of the molecule is C[C@H]1O[C@@H](O[C@H]2[C@H](O[C@H]3[C@H](O[C@H]4CC[C@]5(C)[C@H]6C(=O)C=C7[C@@H]8C[C@@](C)(C(=O)O)CC[C@]8(C)CC[C@@]7(C)[C@]6(C)CC[C@H]5C4(C)C)O[C@H](C(=O)O)[C@@H](O)[C@@H]3O)O[C@H](C(=O)O)[C@@H](O)[C@@H]2O)[C@H](O)[C@@H](O)[C@@H]1O. The molecular weight excluding hydrogens is 897 g/mol.